The molecule has 0 aliphatic carbocycles. The fraction of sp³-hybridized carbons (Fsp3) is 0.200. The second-order valence-corrected chi connectivity index (χ2v) is 7.50. The number of aryl methyl sites for hydroxylation is 2. The Morgan fingerprint density at radius 3 is 2.62 bits per heavy atom. The molecule has 0 saturated heterocycles. The van der Waals surface area contributed by atoms with E-state index >= 15 is 0 Å². The number of nitrogens with one attached hydrogen (secondary N) is 1. The summed E-state index contributed by atoms with van der Waals surface area (Å²) in [6.07, 6.45) is 3.49. The molecule has 1 N–H and O–H groups in total. The van der Waals surface area contributed by atoms with E-state index < -0.39 is 0 Å². The van der Waals surface area contributed by atoms with E-state index in [2.05, 4.69) is 66.0 Å². The van der Waals surface area contributed by atoms with Gasteiger partial charge in [-0.25, -0.2) is 0 Å². The molecule has 0 atom stereocenters. The molecule has 0 spiro atoms. The highest BCUT2D eigenvalue weighted by Crippen LogP contribution is 2.27. The van der Waals surface area contributed by atoms with Gasteiger partial charge in [0.05, 0.1) is 0 Å². The fourth-order valence-corrected chi connectivity index (χ4v) is 3.74. The second kappa shape index (κ2) is 7.92. The molecule has 4 aromatic rings. The summed E-state index contributed by atoms with van der Waals surface area (Å²) < 4.78 is 2.34. The van der Waals surface area contributed by atoms with Gasteiger partial charge in [0, 0.05) is 47.6 Å². The van der Waals surface area contributed by atoms with Crippen molar-refractivity contribution in [1.29, 1.82) is 0 Å². The molecule has 4 heteroatoms. The van der Waals surface area contributed by atoms with Gasteiger partial charge in [-0.1, -0.05) is 30.3 Å². The van der Waals surface area contributed by atoms with E-state index in [1.807, 2.05) is 24.3 Å². The topological polar surface area (TPSA) is 46.9 Å². The number of pyridine rings is 1. The molecule has 2 aromatic heterocycles. The molecule has 4 rings (SSSR count). The standard InChI is InChI=1S/C25H25N3O/c1-17-7-4-5-9-22(17)16-28-19(3)18(2)23-13-21(10-11-24(23)28)25(29)27-15-20-8-6-12-26-14-20/h4-14H,15-16H2,1-3H3,(H,27,29). The number of rotatable bonds is 5. The van der Waals surface area contributed by atoms with Gasteiger partial charge in [0.1, 0.15) is 0 Å². The summed E-state index contributed by atoms with van der Waals surface area (Å²) in [6, 6.07) is 18.3. The van der Waals surface area contributed by atoms with Gasteiger partial charge in [0.15, 0.2) is 0 Å². The second-order valence-electron chi connectivity index (χ2n) is 7.50. The predicted molar refractivity (Wildman–Crippen MR) is 117 cm³/mol. The Balaban J connectivity index is 1.62. The van der Waals surface area contributed by atoms with Gasteiger partial charge < -0.3 is 9.88 Å². The van der Waals surface area contributed by atoms with E-state index in [0.29, 0.717) is 12.1 Å². The van der Waals surface area contributed by atoms with E-state index in [-0.39, 0.29) is 5.91 Å². The average Bonchev–Trinajstić information content (AvgIpc) is 2.98. The van der Waals surface area contributed by atoms with Crippen molar-refractivity contribution in [2.45, 2.75) is 33.9 Å². The molecule has 0 saturated carbocycles. The van der Waals surface area contributed by atoms with Crippen LogP contribution >= 0.6 is 0 Å². The number of hydrogen-bond donors (Lipinski definition) is 1. The lowest BCUT2D eigenvalue weighted by Gasteiger charge is -2.11. The van der Waals surface area contributed by atoms with Crippen LogP contribution in [-0.2, 0) is 13.1 Å². The SMILES string of the molecule is Cc1ccccc1Cn1c(C)c(C)c2cc(C(=O)NCc3cccnc3)ccc21. The van der Waals surface area contributed by atoms with Crippen molar-refractivity contribution in [3.63, 3.8) is 0 Å². The largest absolute Gasteiger partial charge is 0.348 e. The first-order valence-electron chi connectivity index (χ1n) is 9.85. The number of aromatic nitrogens is 2. The molecule has 0 unspecified atom stereocenters. The number of fused-ring (bicyclic) bond motifs is 1. The molecule has 0 aliphatic heterocycles. The van der Waals surface area contributed by atoms with Crippen LogP contribution in [0.4, 0.5) is 0 Å². The number of hydrogen-bond acceptors (Lipinski definition) is 2. The molecule has 4 nitrogen and oxygen atoms in total. The van der Waals surface area contributed by atoms with Crippen LogP contribution in [0.25, 0.3) is 10.9 Å². The fourth-order valence-electron chi connectivity index (χ4n) is 3.74. The number of nitrogens with zero attached hydrogens (tertiary/aromatic N) is 2. The van der Waals surface area contributed by atoms with Crippen molar-refractivity contribution >= 4 is 16.8 Å². The van der Waals surface area contributed by atoms with Gasteiger partial charge in [0.25, 0.3) is 5.91 Å². The van der Waals surface area contributed by atoms with E-state index in [4.69, 9.17) is 0 Å². The summed E-state index contributed by atoms with van der Waals surface area (Å²) in [6.45, 7) is 7.72. The van der Waals surface area contributed by atoms with Crippen LogP contribution in [0.5, 0.6) is 0 Å². The molecular formula is C25H25N3O. The third-order valence-corrected chi connectivity index (χ3v) is 5.67. The molecule has 1 amide bonds. The molecule has 0 bridgehead atoms. The lowest BCUT2D eigenvalue weighted by molar-refractivity contribution is 0.0951. The highest BCUT2D eigenvalue weighted by atomic mass is 16.1. The van der Waals surface area contributed by atoms with Crippen LogP contribution < -0.4 is 5.32 Å². The maximum atomic E-state index is 12.7. The molecular weight excluding hydrogens is 358 g/mol. The van der Waals surface area contributed by atoms with E-state index in [0.717, 1.165) is 23.0 Å². The minimum absolute atomic E-state index is 0.0699. The average molecular weight is 383 g/mol. The van der Waals surface area contributed by atoms with Gasteiger partial charge in [-0.3, -0.25) is 9.78 Å². The monoisotopic (exact) mass is 383 g/mol. The summed E-state index contributed by atoms with van der Waals surface area (Å²) in [5.41, 5.74) is 7.87. The molecule has 0 fully saturated rings. The molecule has 0 radical (unpaired) electrons. The Bertz CT molecular complexity index is 1180. The van der Waals surface area contributed by atoms with Crippen molar-refractivity contribution in [3.8, 4) is 0 Å². The van der Waals surface area contributed by atoms with E-state index in [1.54, 1.807) is 12.4 Å². The van der Waals surface area contributed by atoms with Crippen molar-refractivity contribution < 1.29 is 4.79 Å². The van der Waals surface area contributed by atoms with Crippen LogP contribution in [0, 0.1) is 20.8 Å². The lowest BCUT2D eigenvalue weighted by Crippen LogP contribution is -2.22. The Morgan fingerprint density at radius 2 is 1.86 bits per heavy atom. The van der Waals surface area contributed by atoms with Gasteiger partial charge in [-0.2, -0.15) is 0 Å². The highest BCUT2D eigenvalue weighted by molar-refractivity contribution is 5.99. The van der Waals surface area contributed by atoms with E-state index in [1.165, 1.54) is 22.4 Å². The van der Waals surface area contributed by atoms with Gasteiger partial charge >= 0.3 is 0 Å². The van der Waals surface area contributed by atoms with Crippen LogP contribution in [-0.4, -0.2) is 15.5 Å². The molecule has 146 valence electrons. The van der Waals surface area contributed by atoms with Crippen molar-refractivity contribution in [2.75, 3.05) is 0 Å². The number of carbonyl (C=O) groups excluding carboxylic acids is 1. The zero-order valence-corrected chi connectivity index (χ0v) is 17.1. The van der Waals surface area contributed by atoms with Crippen molar-refractivity contribution in [1.82, 2.24) is 14.9 Å². The van der Waals surface area contributed by atoms with Gasteiger partial charge in [0.2, 0.25) is 0 Å². The summed E-state index contributed by atoms with van der Waals surface area (Å²) in [4.78, 5) is 16.7. The maximum absolute atomic E-state index is 12.7. The van der Waals surface area contributed by atoms with Crippen molar-refractivity contribution in [3.05, 3.63) is 101 Å². The van der Waals surface area contributed by atoms with E-state index in [9.17, 15) is 4.79 Å². The lowest BCUT2D eigenvalue weighted by atomic mass is 10.1. The smallest absolute Gasteiger partial charge is 0.251 e. The third kappa shape index (κ3) is 3.79. The first-order valence-corrected chi connectivity index (χ1v) is 9.85. The molecule has 29 heavy (non-hydrogen) atoms. The summed E-state index contributed by atoms with van der Waals surface area (Å²) >= 11 is 0. The highest BCUT2D eigenvalue weighted by Gasteiger charge is 2.14. The Hall–Kier alpha value is -3.40. The maximum Gasteiger partial charge on any atom is 0.251 e. The van der Waals surface area contributed by atoms with Gasteiger partial charge in [-0.05, 0) is 67.3 Å². The number of amides is 1. The Labute approximate surface area is 171 Å². The molecule has 2 aromatic carbocycles. The minimum Gasteiger partial charge on any atom is -0.348 e. The predicted octanol–water partition coefficient (Wildman–Crippen LogP) is 4.94. The summed E-state index contributed by atoms with van der Waals surface area (Å²) in [7, 11) is 0. The zero-order valence-electron chi connectivity index (χ0n) is 17.1. The third-order valence-electron chi connectivity index (χ3n) is 5.67. The van der Waals surface area contributed by atoms with Crippen LogP contribution in [0.1, 0.15) is 38.3 Å². The van der Waals surface area contributed by atoms with Crippen LogP contribution in [0.15, 0.2) is 67.0 Å². The zero-order chi connectivity index (χ0) is 20.4. The first-order chi connectivity index (χ1) is 14.0. The summed E-state index contributed by atoms with van der Waals surface area (Å²) in [5, 5.41) is 4.11. The van der Waals surface area contributed by atoms with Crippen LogP contribution in [0.2, 0.25) is 0 Å². The van der Waals surface area contributed by atoms with Crippen LogP contribution in [0.3, 0.4) is 0 Å². The number of benzene rings is 2. The minimum atomic E-state index is -0.0699. The summed E-state index contributed by atoms with van der Waals surface area (Å²) in [5.74, 6) is -0.0699. The Kier molecular flexibility index (Phi) is 5.17. The quantitative estimate of drug-likeness (QED) is 0.531. The Morgan fingerprint density at radius 1 is 1.03 bits per heavy atom. The number of carbonyl (C=O) groups is 1. The van der Waals surface area contributed by atoms with Crippen molar-refractivity contribution in [2.24, 2.45) is 0 Å². The first kappa shape index (κ1) is 18.9. The normalized spacial score (nSPS) is 11.0. The van der Waals surface area contributed by atoms with Gasteiger partial charge in [-0.15, -0.1) is 0 Å². The molecule has 0 aliphatic rings. The molecule has 2 heterocycles.